The van der Waals surface area contributed by atoms with Gasteiger partial charge in [-0.25, -0.2) is 18.1 Å². The maximum atomic E-state index is 14.7. The summed E-state index contributed by atoms with van der Waals surface area (Å²) < 4.78 is 146. The topological polar surface area (TPSA) is 259 Å². The van der Waals surface area contributed by atoms with E-state index in [0.29, 0.717) is 46.3 Å². The van der Waals surface area contributed by atoms with Crippen molar-refractivity contribution < 1.29 is 51.7 Å². The molecule has 66 heavy (non-hydrogen) atoms. The third-order valence-electron chi connectivity index (χ3n) is 11.8. The van der Waals surface area contributed by atoms with Crippen LogP contribution in [0.4, 0.5) is 17.1 Å². The van der Waals surface area contributed by atoms with Crippen molar-refractivity contribution in [3.05, 3.63) is 105 Å². The molecule has 0 spiro atoms. The average Bonchev–Trinajstić information content (AvgIpc) is 3.13. The third-order valence-corrected chi connectivity index (χ3v) is 16.6. The molecule has 0 bridgehead atoms. The van der Waals surface area contributed by atoms with Crippen molar-refractivity contribution in [1.82, 2.24) is 10.0 Å². The summed E-state index contributed by atoms with van der Waals surface area (Å²) in [5.41, 5.74) is 2.39. The van der Waals surface area contributed by atoms with E-state index in [4.69, 9.17) is 4.42 Å². The zero-order chi connectivity index (χ0) is 48.9. The first-order chi connectivity index (χ1) is 30.3. The van der Waals surface area contributed by atoms with Crippen LogP contribution < -0.4 is 20.7 Å². The van der Waals surface area contributed by atoms with Crippen molar-refractivity contribution in [2.24, 2.45) is 4.99 Å². The van der Waals surface area contributed by atoms with Gasteiger partial charge < -0.3 is 15.1 Å². The molecule has 0 amide bonds. The number of anilines is 2. The van der Waals surface area contributed by atoms with E-state index in [1.807, 2.05) is 27.7 Å². The Morgan fingerprint density at radius 3 is 1.82 bits per heavy atom. The first-order valence-electron chi connectivity index (χ1n) is 20.7. The number of benzene rings is 5. The Morgan fingerprint density at radius 2 is 1.23 bits per heavy atom. The van der Waals surface area contributed by atoms with Crippen molar-refractivity contribution in [1.29, 1.82) is 0 Å². The lowest BCUT2D eigenvalue weighted by Crippen LogP contribution is -2.62. The van der Waals surface area contributed by atoms with E-state index in [1.54, 1.807) is 70.2 Å². The molecular formula is C46H52N4O12S4. The number of hydrogen-bond acceptors (Lipinski definition) is 12. The normalized spacial score (nSPS) is 16.3. The van der Waals surface area contributed by atoms with Gasteiger partial charge in [-0.1, -0.05) is 30.3 Å². The summed E-state index contributed by atoms with van der Waals surface area (Å²) in [7, 11) is -18.8. The number of nitrogens with one attached hydrogen (secondary N) is 3. The van der Waals surface area contributed by atoms with E-state index in [9.17, 15) is 47.3 Å². The summed E-state index contributed by atoms with van der Waals surface area (Å²) in [6.07, 6.45) is 0.954. The quantitative estimate of drug-likeness (QED) is 0.0557. The largest absolute Gasteiger partial charge is 0.456 e. The molecule has 3 aliphatic rings. The van der Waals surface area contributed by atoms with E-state index < -0.39 is 67.3 Å². The summed E-state index contributed by atoms with van der Waals surface area (Å²) in [5.74, 6) is -0.0309. The lowest BCUT2D eigenvalue weighted by atomic mass is 9.80. The second kappa shape index (κ2) is 16.6. The number of hydrogen-bond donors (Lipinski definition) is 6. The fourth-order valence-electron chi connectivity index (χ4n) is 9.91. The molecule has 0 atom stereocenters. The van der Waals surface area contributed by atoms with Crippen molar-refractivity contribution in [2.45, 2.75) is 119 Å². The lowest BCUT2D eigenvalue weighted by molar-refractivity contribution is 0.157. The van der Waals surface area contributed by atoms with E-state index in [-0.39, 0.29) is 65.6 Å². The smallest absolute Gasteiger partial charge is 0.296 e. The molecule has 6 N–H and O–H groups in total. The van der Waals surface area contributed by atoms with Gasteiger partial charge in [-0.2, -0.15) is 25.3 Å². The van der Waals surface area contributed by atoms with Crippen molar-refractivity contribution in [2.75, 3.05) is 5.32 Å². The highest BCUT2D eigenvalue weighted by Crippen LogP contribution is 2.45. The summed E-state index contributed by atoms with van der Waals surface area (Å²) in [4.78, 5) is 3.03. The van der Waals surface area contributed by atoms with Gasteiger partial charge in [-0.15, -0.1) is 0 Å². The standard InChI is InChI=1S/C46H52N4O12S4/c1-24-17-26(3)43(65(56,57)58)28(5)41(24)47-30-15-16-32-36(19-30)62-37-21-35(48-42-25(2)18-27(4)44(29(42)6)66(59,60)61)39(64(53,54)55)20-34(37)40(32)33-13-11-12-14-38(33)63(51,52)49-31-22-45(7,8)50-46(9,10)23-31/h11-21,31,47,49-50H,22-23H2,1-10H3,(H,53,54,55)(H,56,57,58)(H,59,60,61). The Morgan fingerprint density at radius 1 is 0.652 bits per heavy atom. The second-order valence-electron chi connectivity index (χ2n) is 18.4. The van der Waals surface area contributed by atoms with E-state index in [2.05, 4.69) is 20.3 Å². The number of rotatable bonds is 10. The molecule has 4 aromatic carbocycles. The fourth-order valence-corrected chi connectivity index (χ4v) is 13.9. The number of fused-ring (bicyclic) bond motifs is 2. The minimum Gasteiger partial charge on any atom is -0.456 e. The predicted octanol–water partition coefficient (Wildman–Crippen LogP) is 8.36. The molecule has 352 valence electrons. The third kappa shape index (κ3) is 9.56. The molecule has 1 saturated heterocycles. The summed E-state index contributed by atoms with van der Waals surface area (Å²) in [6.45, 7) is 17.4. The van der Waals surface area contributed by atoms with E-state index in [0.717, 1.165) is 6.07 Å². The van der Waals surface area contributed by atoms with Crippen LogP contribution >= 0.6 is 0 Å². The van der Waals surface area contributed by atoms with Gasteiger partial charge in [0.1, 0.15) is 26.0 Å². The molecule has 7 rings (SSSR count). The molecule has 0 radical (unpaired) electrons. The molecule has 2 aliphatic heterocycles. The number of piperidine rings is 1. The van der Waals surface area contributed by atoms with Crippen molar-refractivity contribution >= 4 is 68.4 Å². The minimum atomic E-state index is -5.13. The van der Waals surface area contributed by atoms with Crippen LogP contribution in [0.1, 0.15) is 73.9 Å². The van der Waals surface area contributed by atoms with Crippen LogP contribution in [0.25, 0.3) is 33.4 Å². The molecule has 4 aromatic rings. The van der Waals surface area contributed by atoms with Crippen LogP contribution in [0.15, 0.2) is 95.7 Å². The highest BCUT2D eigenvalue weighted by Gasteiger charge is 2.40. The Balaban J connectivity index is 1.55. The summed E-state index contributed by atoms with van der Waals surface area (Å²) in [6, 6.07) is 16.0. The Kier molecular flexibility index (Phi) is 12.3. The zero-order valence-electron chi connectivity index (χ0n) is 37.9. The van der Waals surface area contributed by atoms with Gasteiger partial charge in [-0.3, -0.25) is 13.7 Å². The van der Waals surface area contributed by atoms with Gasteiger partial charge in [0, 0.05) is 62.7 Å². The van der Waals surface area contributed by atoms with Crippen LogP contribution in [-0.4, -0.2) is 64.4 Å². The lowest BCUT2D eigenvalue weighted by Gasteiger charge is -2.46. The van der Waals surface area contributed by atoms with Gasteiger partial charge >= 0.3 is 0 Å². The van der Waals surface area contributed by atoms with Crippen LogP contribution in [0.2, 0.25) is 0 Å². The van der Waals surface area contributed by atoms with E-state index >= 15 is 0 Å². The second-order valence-corrected chi connectivity index (χ2v) is 24.2. The monoisotopic (exact) mass is 980 g/mol. The highest BCUT2D eigenvalue weighted by atomic mass is 32.2. The average molecular weight is 981 g/mol. The molecule has 0 unspecified atom stereocenters. The Bertz CT molecular complexity index is 3510. The molecule has 0 saturated carbocycles. The van der Waals surface area contributed by atoms with Crippen molar-refractivity contribution in [3.63, 3.8) is 0 Å². The van der Waals surface area contributed by atoms with Crippen LogP contribution in [0.3, 0.4) is 0 Å². The number of sulfonamides is 1. The Hall–Kier alpha value is -5.03. The van der Waals surface area contributed by atoms with Crippen LogP contribution in [-0.2, 0) is 40.4 Å². The van der Waals surface area contributed by atoms with Gasteiger partial charge in [0.15, 0.2) is 0 Å². The zero-order valence-corrected chi connectivity index (χ0v) is 41.2. The maximum absolute atomic E-state index is 14.7. The first kappa shape index (κ1) is 48.9. The molecule has 20 heteroatoms. The van der Waals surface area contributed by atoms with Gasteiger partial charge in [0.25, 0.3) is 30.4 Å². The Labute approximate surface area is 385 Å². The van der Waals surface area contributed by atoms with Crippen molar-refractivity contribution in [3.8, 4) is 22.5 Å². The fraction of sp³-hybridized carbons (Fsp3) is 0.326. The molecule has 1 aliphatic carbocycles. The maximum Gasteiger partial charge on any atom is 0.296 e. The number of nitrogens with zero attached hydrogens (tertiary/aromatic N) is 1. The van der Waals surface area contributed by atoms with Crippen LogP contribution in [0, 0.1) is 41.5 Å². The van der Waals surface area contributed by atoms with Crippen LogP contribution in [0.5, 0.6) is 0 Å². The van der Waals surface area contributed by atoms with Gasteiger partial charge in [0.05, 0.1) is 15.9 Å². The molecule has 2 heterocycles. The summed E-state index contributed by atoms with van der Waals surface area (Å²) in [5, 5.41) is 6.73. The predicted molar refractivity (Wildman–Crippen MR) is 252 cm³/mol. The highest BCUT2D eigenvalue weighted by molar-refractivity contribution is 7.89. The molecular weight excluding hydrogens is 929 g/mol. The van der Waals surface area contributed by atoms with Gasteiger partial charge in [-0.05, 0) is 140 Å². The molecule has 0 aromatic heterocycles. The summed E-state index contributed by atoms with van der Waals surface area (Å²) >= 11 is 0. The molecule has 16 nitrogen and oxygen atoms in total. The SMILES string of the molecule is Cc1cc(C)c(S(=O)(=O)O)c(C)c1N=c1cc2oc3cc(Nc4c(C)cc(C)c(S(=O)(=O)O)c4C)ccc3c(-c3ccccc3S(=O)(=O)NC3CC(C)(C)NC(C)(C)C3)c-2cc1S(=O)(=O)O. The first-order valence-corrected chi connectivity index (χ1v) is 26.5. The van der Waals surface area contributed by atoms with E-state index in [1.165, 1.54) is 32.0 Å². The van der Waals surface area contributed by atoms with Gasteiger partial charge in [0.2, 0.25) is 10.0 Å². The minimum absolute atomic E-state index is 0.00856. The molecule has 1 fully saturated rings. The number of aryl methyl sites for hydroxylation is 4.